The molecule has 13 heteroatoms. The third-order valence-corrected chi connectivity index (χ3v) is 9.25. The Morgan fingerprint density at radius 2 is 1.52 bits per heavy atom. The minimum Gasteiger partial charge on any atom is -0.382 e. The predicted octanol–water partition coefficient (Wildman–Crippen LogP) is 0.884. The third kappa shape index (κ3) is 7.63. The molecule has 5 rings (SSSR count). The Labute approximate surface area is 257 Å². The molecule has 4 aliphatic rings. The predicted molar refractivity (Wildman–Crippen MR) is 159 cm³/mol. The van der Waals surface area contributed by atoms with Crippen LogP contribution in [0.4, 0.5) is 5.69 Å². The molecular formula is C31H43N5O8. The van der Waals surface area contributed by atoms with Crippen LogP contribution in [0.5, 0.6) is 0 Å². The van der Waals surface area contributed by atoms with E-state index in [1.807, 2.05) is 4.90 Å². The van der Waals surface area contributed by atoms with Gasteiger partial charge in [0.15, 0.2) is 0 Å². The van der Waals surface area contributed by atoms with Crippen molar-refractivity contribution < 1.29 is 38.2 Å². The zero-order valence-corrected chi connectivity index (χ0v) is 25.2. The molecule has 4 aliphatic heterocycles. The first-order valence-corrected chi connectivity index (χ1v) is 15.6. The molecule has 4 heterocycles. The van der Waals surface area contributed by atoms with E-state index in [9.17, 15) is 24.0 Å². The van der Waals surface area contributed by atoms with Crippen LogP contribution in [0.2, 0.25) is 0 Å². The van der Waals surface area contributed by atoms with E-state index < -0.39 is 29.7 Å². The Hall–Kier alpha value is -3.39. The average Bonchev–Trinajstić information content (AvgIpc) is 3.29. The van der Waals surface area contributed by atoms with Gasteiger partial charge in [-0.1, -0.05) is 6.07 Å². The summed E-state index contributed by atoms with van der Waals surface area (Å²) in [7, 11) is 0. The van der Waals surface area contributed by atoms with Crippen molar-refractivity contribution in [3.8, 4) is 0 Å². The van der Waals surface area contributed by atoms with E-state index in [4.69, 9.17) is 14.2 Å². The van der Waals surface area contributed by atoms with Gasteiger partial charge in [0.2, 0.25) is 18.2 Å². The molecule has 13 nitrogen and oxygen atoms in total. The Morgan fingerprint density at radius 3 is 2.20 bits per heavy atom. The van der Waals surface area contributed by atoms with Gasteiger partial charge in [-0.15, -0.1) is 0 Å². The Balaban J connectivity index is 0.897. The summed E-state index contributed by atoms with van der Waals surface area (Å²) >= 11 is 0. The van der Waals surface area contributed by atoms with Crippen molar-refractivity contribution in [1.29, 1.82) is 0 Å². The number of nitrogens with one attached hydrogen (secondary N) is 2. The first kappa shape index (κ1) is 32.0. The molecule has 1 spiro atoms. The molecule has 5 amide bonds. The lowest BCUT2D eigenvalue weighted by Crippen LogP contribution is -2.54. The number of amides is 5. The summed E-state index contributed by atoms with van der Waals surface area (Å²) in [5.41, 5.74) is 1.38. The summed E-state index contributed by atoms with van der Waals surface area (Å²) in [6.45, 7) is 8.23. The molecule has 44 heavy (non-hydrogen) atoms. The number of nitrogens with zero attached hydrogens (tertiary/aromatic N) is 3. The van der Waals surface area contributed by atoms with E-state index in [1.165, 1.54) is 12.8 Å². The third-order valence-electron chi connectivity index (χ3n) is 9.25. The highest BCUT2D eigenvalue weighted by Crippen LogP contribution is 2.41. The van der Waals surface area contributed by atoms with Gasteiger partial charge in [0.1, 0.15) is 6.04 Å². The number of benzene rings is 1. The van der Waals surface area contributed by atoms with E-state index in [-0.39, 0.29) is 24.0 Å². The van der Waals surface area contributed by atoms with Crippen LogP contribution in [0.3, 0.4) is 0 Å². The van der Waals surface area contributed by atoms with E-state index in [2.05, 4.69) is 15.5 Å². The number of hydrogen-bond acceptors (Lipinski definition) is 10. The number of imide groups is 2. The quantitative estimate of drug-likeness (QED) is 0.166. The van der Waals surface area contributed by atoms with Crippen molar-refractivity contribution in [2.45, 2.75) is 44.6 Å². The lowest BCUT2D eigenvalue weighted by Gasteiger charge is -2.46. The van der Waals surface area contributed by atoms with Crippen molar-refractivity contribution >= 4 is 35.7 Å². The Kier molecular flexibility index (Phi) is 11.0. The van der Waals surface area contributed by atoms with Crippen LogP contribution in [-0.2, 0) is 28.6 Å². The van der Waals surface area contributed by atoms with Crippen LogP contribution in [0.25, 0.3) is 0 Å². The van der Waals surface area contributed by atoms with Crippen molar-refractivity contribution in [1.82, 2.24) is 20.0 Å². The summed E-state index contributed by atoms with van der Waals surface area (Å²) in [6.07, 6.45) is 5.82. The fourth-order valence-electron chi connectivity index (χ4n) is 6.51. The van der Waals surface area contributed by atoms with Gasteiger partial charge >= 0.3 is 0 Å². The number of fused-ring (bicyclic) bond motifs is 1. The molecule has 0 aliphatic carbocycles. The van der Waals surface area contributed by atoms with E-state index in [0.29, 0.717) is 57.3 Å². The Bertz CT molecular complexity index is 1210. The average molecular weight is 614 g/mol. The smallest absolute Gasteiger partial charge is 0.264 e. The SMILES string of the molecule is O=CN1CCC2(CC1)CCN(CCOCCOCCOCCNc1cccc3c1C(=O)N(C1CCC(=O)NC1=O)C3=O)CC2. The van der Waals surface area contributed by atoms with Crippen LogP contribution >= 0.6 is 0 Å². The molecule has 3 saturated heterocycles. The molecule has 240 valence electrons. The van der Waals surface area contributed by atoms with Gasteiger partial charge in [-0.3, -0.25) is 34.2 Å². The molecule has 1 aromatic carbocycles. The molecule has 1 unspecified atom stereocenters. The number of ether oxygens (including phenoxy) is 3. The van der Waals surface area contributed by atoms with Gasteiger partial charge < -0.3 is 29.3 Å². The summed E-state index contributed by atoms with van der Waals surface area (Å²) in [5, 5.41) is 5.36. The highest BCUT2D eigenvalue weighted by atomic mass is 16.5. The zero-order chi connectivity index (χ0) is 30.9. The number of likely N-dealkylation sites (tertiary alicyclic amines) is 2. The van der Waals surface area contributed by atoms with Gasteiger partial charge in [-0.2, -0.15) is 0 Å². The molecule has 0 aromatic heterocycles. The fourth-order valence-corrected chi connectivity index (χ4v) is 6.51. The van der Waals surface area contributed by atoms with Crippen molar-refractivity contribution in [3.05, 3.63) is 29.3 Å². The topological polar surface area (TPSA) is 147 Å². The van der Waals surface area contributed by atoms with Crippen molar-refractivity contribution in [2.24, 2.45) is 5.41 Å². The van der Waals surface area contributed by atoms with Crippen molar-refractivity contribution in [3.63, 3.8) is 0 Å². The number of rotatable bonds is 15. The second kappa shape index (κ2) is 15.1. The standard InChI is InChI=1S/C31H43N5O8/c37-22-35-13-8-31(9-14-35)6-11-34(12-7-31)15-17-43-19-21-44-20-18-42-16-10-32-24-3-1-2-23-27(24)30(41)36(29(23)40)25-4-5-26(38)33-28(25)39/h1-3,22,25,32H,4-21H2,(H,33,38,39). The highest BCUT2D eigenvalue weighted by Gasteiger charge is 2.45. The lowest BCUT2D eigenvalue weighted by molar-refractivity contribution is -0.136. The zero-order valence-electron chi connectivity index (χ0n) is 25.2. The number of anilines is 1. The van der Waals surface area contributed by atoms with Crippen LogP contribution in [0.1, 0.15) is 59.2 Å². The normalized spacial score (nSPS) is 22.0. The molecule has 2 N–H and O–H groups in total. The molecule has 1 aromatic rings. The molecule has 3 fully saturated rings. The van der Waals surface area contributed by atoms with Gasteiger partial charge in [-0.25, -0.2) is 0 Å². The molecule has 0 saturated carbocycles. The van der Waals surface area contributed by atoms with E-state index in [1.54, 1.807) is 18.2 Å². The summed E-state index contributed by atoms with van der Waals surface area (Å²) in [5.74, 6) is -2.12. The number of carbonyl (C=O) groups is 5. The minimum atomic E-state index is -0.996. The van der Waals surface area contributed by atoms with E-state index in [0.717, 1.165) is 56.9 Å². The summed E-state index contributed by atoms with van der Waals surface area (Å²) < 4.78 is 17.0. The maximum Gasteiger partial charge on any atom is 0.264 e. The first-order valence-electron chi connectivity index (χ1n) is 15.6. The van der Waals surface area contributed by atoms with E-state index >= 15 is 0 Å². The molecule has 0 bridgehead atoms. The van der Waals surface area contributed by atoms with Gasteiger partial charge in [0.05, 0.1) is 50.8 Å². The van der Waals surface area contributed by atoms with Crippen LogP contribution in [-0.4, -0.2) is 130 Å². The molecule has 0 radical (unpaired) electrons. The molecular weight excluding hydrogens is 570 g/mol. The molecule has 1 atom stereocenters. The fraction of sp³-hybridized carbons (Fsp3) is 0.645. The number of piperidine rings is 3. The van der Waals surface area contributed by atoms with Gasteiger partial charge in [-0.05, 0) is 62.7 Å². The number of carbonyl (C=O) groups excluding carboxylic acids is 5. The summed E-state index contributed by atoms with van der Waals surface area (Å²) in [4.78, 5) is 66.1. The van der Waals surface area contributed by atoms with Crippen LogP contribution in [0.15, 0.2) is 18.2 Å². The first-order chi connectivity index (χ1) is 21.4. The minimum absolute atomic E-state index is 0.0771. The van der Waals surface area contributed by atoms with Crippen molar-refractivity contribution in [2.75, 3.05) is 84.2 Å². The lowest BCUT2D eigenvalue weighted by atomic mass is 9.71. The monoisotopic (exact) mass is 613 g/mol. The summed E-state index contributed by atoms with van der Waals surface area (Å²) in [6, 6.07) is 3.96. The van der Waals surface area contributed by atoms with Gasteiger partial charge in [0.25, 0.3) is 11.8 Å². The Morgan fingerprint density at radius 1 is 0.864 bits per heavy atom. The van der Waals surface area contributed by atoms with Crippen LogP contribution < -0.4 is 10.6 Å². The maximum atomic E-state index is 13.1. The number of hydrogen-bond donors (Lipinski definition) is 2. The highest BCUT2D eigenvalue weighted by molar-refractivity contribution is 6.25. The maximum absolute atomic E-state index is 13.1. The largest absolute Gasteiger partial charge is 0.382 e. The second-order valence-electron chi connectivity index (χ2n) is 11.9. The van der Waals surface area contributed by atoms with Gasteiger partial charge in [0, 0.05) is 38.3 Å². The van der Waals surface area contributed by atoms with Crippen LogP contribution in [0, 0.1) is 5.41 Å². The second-order valence-corrected chi connectivity index (χ2v) is 11.9.